The summed E-state index contributed by atoms with van der Waals surface area (Å²) in [6.07, 6.45) is 2.99. The van der Waals surface area contributed by atoms with E-state index in [-0.39, 0.29) is 17.5 Å². The lowest BCUT2D eigenvalue weighted by Crippen LogP contribution is -2.45. The van der Waals surface area contributed by atoms with Gasteiger partial charge in [-0.05, 0) is 37.1 Å². The van der Waals surface area contributed by atoms with Gasteiger partial charge in [0.15, 0.2) is 0 Å². The Morgan fingerprint density at radius 2 is 1.63 bits per heavy atom. The van der Waals surface area contributed by atoms with Crippen LogP contribution in [-0.2, 0) is 0 Å². The molecule has 0 unspecified atom stereocenters. The second-order valence-electron chi connectivity index (χ2n) is 4.81. The fourth-order valence-electron chi connectivity index (χ4n) is 2.30. The summed E-state index contributed by atoms with van der Waals surface area (Å²) in [6, 6.07) is 5.55. The highest BCUT2D eigenvalue weighted by Crippen LogP contribution is 2.18. The molecular weight excluding hydrogens is 246 g/mol. The van der Waals surface area contributed by atoms with E-state index in [4.69, 9.17) is 5.11 Å². The van der Waals surface area contributed by atoms with E-state index >= 15 is 0 Å². The summed E-state index contributed by atoms with van der Waals surface area (Å²) in [4.78, 5) is 22.7. The molecule has 102 valence electrons. The number of carboxylic acid groups (broad SMARTS) is 1. The molecule has 0 aromatic heterocycles. The topological polar surface area (TPSA) is 86.6 Å². The molecule has 0 aliphatic heterocycles. The molecule has 5 nitrogen and oxygen atoms in total. The maximum atomic E-state index is 12.0. The summed E-state index contributed by atoms with van der Waals surface area (Å²) in [5, 5.41) is 21.4. The van der Waals surface area contributed by atoms with Gasteiger partial charge in [0.2, 0.25) is 0 Å². The Morgan fingerprint density at radius 1 is 1.05 bits per heavy atom. The van der Waals surface area contributed by atoms with Crippen molar-refractivity contribution in [3.63, 3.8) is 0 Å². The SMILES string of the molecule is O=C(O)c1ccc(C(=O)N[C@H]2CCCC[C@@H]2O)cc1. The molecule has 1 aromatic rings. The number of aromatic carboxylic acids is 1. The van der Waals surface area contributed by atoms with Crippen LogP contribution in [-0.4, -0.2) is 34.2 Å². The van der Waals surface area contributed by atoms with Crippen LogP contribution in [0, 0.1) is 0 Å². The van der Waals surface area contributed by atoms with Crippen LogP contribution in [0.1, 0.15) is 46.4 Å². The van der Waals surface area contributed by atoms with Crippen molar-refractivity contribution in [2.45, 2.75) is 37.8 Å². The summed E-state index contributed by atoms with van der Waals surface area (Å²) < 4.78 is 0. The summed E-state index contributed by atoms with van der Waals surface area (Å²) in [5.41, 5.74) is 0.553. The van der Waals surface area contributed by atoms with Gasteiger partial charge in [-0.2, -0.15) is 0 Å². The number of aliphatic hydroxyl groups is 1. The lowest BCUT2D eigenvalue weighted by molar-refractivity contribution is 0.0694. The monoisotopic (exact) mass is 263 g/mol. The fourth-order valence-corrected chi connectivity index (χ4v) is 2.30. The number of hydrogen-bond acceptors (Lipinski definition) is 3. The third-order valence-electron chi connectivity index (χ3n) is 3.44. The van der Waals surface area contributed by atoms with Gasteiger partial charge in [-0.25, -0.2) is 4.79 Å². The minimum atomic E-state index is -1.02. The van der Waals surface area contributed by atoms with Crippen molar-refractivity contribution in [2.75, 3.05) is 0 Å². The van der Waals surface area contributed by atoms with Crippen LogP contribution in [0.15, 0.2) is 24.3 Å². The van der Waals surface area contributed by atoms with Gasteiger partial charge in [-0.3, -0.25) is 4.79 Å². The Hall–Kier alpha value is -1.88. The van der Waals surface area contributed by atoms with Crippen molar-refractivity contribution in [1.29, 1.82) is 0 Å². The van der Waals surface area contributed by atoms with E-state index in [0.717, 1.165) is 19.3 Å². The van der Waals surface area contributed by atoms with Crippen LogP contribution < -0.4 is 5.32 Å². The second kappa shape index (κ2) is 5.84. The van der Waals surface area contributed by atoms with E-state index in [2.05, 4.69) is 5.32 Å². The van der Waals surface area contributed by atoms with Crippen molar-refractivity contribution < 1.29 is 19.8 Å². The molecule has 1 fully saturated rings. The summed E-state index contributed by atoms with van der Waals surface area (Å²) >= 11 is 0. The number of carboxylic acids is 1. The van der Waals surface area contributed by atoms with Crippen LogP contribution in [0.3, 0.4) is 0 Å². The first-order valence-electron chi connectivity index (χ1n) is 6.40. The van der Waals surface area contributed by atoms with E-state index in [0.29, 0.717) is 12.0 Å². The third kappa shape index (κ3) is 3.32. The highest BCUT2D eigenvalue weighted by molar-refractivity contribution is 5.96. The van der Waals surface area contributed by atoms with E-state index in [1.165, 1.54) is 24.3 Å². The van der Waals surface area contributed by atoms with E-state index < -0.39 is 12.1 Å². The van der Waals surface area contributed by atoms with E-state index in [1.807, 2.05) is 0 Å². The Bertz CT molecular complexity index is 469. The largest absolute Gasteiger partial charge is 0.478 e. The van der Waals surface area contributed by atoms with Crippen LogP contribution in [0.25, 0.3) is 0 Å². The average Bonchev–Trinajstić information content (AvgIpc) is 2.41. The normalized spacial score (nSPS) is 22.8. The Balaban J connectivity index is 2.01. The molecular formula is C14H17NO4. The first-order valence-corrected chi connectivity index (χ1v) is 6.40. The zero-order valence-corrected chi connectivity index (χ0v) is 10.5. The molecule has 5 heteroatoms. The van der Waals surface area contributed by atoms with Crippen LogP contribution >= 0.6 is 0 Å². The number of carbonyl (C=O) groups excluding carboxylic acids is 1. The van der Waals surface area contributed by atoms with Gasteiger partial charge >= 0.3 is 5.97 Å². The maximum Gasteiger partial charge on any atom is 0.335 e. The van der Waals surface area contributed by atoms with Gasteiger partial charge in [0, 0.05) is 5.56 Å². The lowest BCUT2D eigenvalue weighted by Gasteiger charge is -2.28. The molecule has 0 saturated heterocycles. The molecule has 19 heavy (non-hydrogen) atoms. The van der Waals surface area contributed by atoms with Gasteiger partial charge in [-0.15, -0.1) is 0 Å². The second-order valence-corrected chi connectivity index (χ2v) is 4.81. The summed E-state index contributed by atoms with van der Waals surface area (Å²) in [7, 11) is 0. The zero-order valence-electron chi connectivity index (χ0n) is 10.5. The molecule has 0 bridgehead atoms. The summed E-state index contributed by atoms with van der Waals surface area (Å²) in [5.74, 6) is -1.29. The van der Waals surface area contributed by atoms with Crippen molar-refractivity contribution in [2.24, 2.45) is 0 Å². The number of amides is 1. The number of rotatable bonds is 3. The van der Waals surface area contributed by atoms with E-state index in [9.17, 15) is 14.7 Å². The van der Waals surface area contributed by atoms with Crippen LogP contribution in [0.5, 0.6) is 0 Å². The van der Waals surface area contributed by atoms with Crippen LogP contribution in [0.2, 0.25) is 0 Å². The van der Waals surface area contributed by atoms with Crippen LogP contribution in [0.4, 0.5) is 0 Å². The maximum absolute atomic E-state index is 12.0. The Labute approximate surface area is 111 Å². The van der Waals surface area contributed by atoms with Gasteiger partial charge in [0.1, 0.15) is 0 Å². The van der Waals surface area contributed by atoms with Gasteiger partial charge in [-0.1, -0.05) is 12.8 Å². The fraction of sp³-hybridized carbons (Fsp3) is 0.429. The van der Waals surface area contributed by atoms with Gasteiger partial charge in [0.05, 0.1) is 17.7 Å². The number of nitrogens with one attached hydrogen (secondary N) is 1. The molecule has 1 saturated carbocycles. The average molecular weight is 263 g/mol. The number of hydrogen-bond donors (Lipinski definition) is 3. The first-order chi connectivity index (χ1) is 9.08. The molecule has 1 aromatic carbocycles. The smallest absolute Gasteiger partial charge is 0.335 e. The Morgan fingerprint density at radius 3 is 2.21 bits per heavy atom. The Kier molecular flexibility index (Phi) is 4.16. The van der Waals surface area contributed by atoms with Crippen molar-refractivity contribution in [3.8, 4) is 0 Å². The third-order valence-corrected chi connectivity index (χ3v) is 3.44. The quantitative estimate of drug-likeness (QED) is 0.769. The molecule has 1 amide bonds. The van der Waals surface area contributed by atoms with E-state index in [1.54, 1.807) is 0 Å². The number of benzene rings is 1. The molecule has 1 aliphatic carbocycles. The van der Waals surface area contributed by atoms with Crippen molar-refractivity contribution in [1.82, 2.24) is 5.32 Å². The minimum Gasteiger partial charge on any atom is -0.478 e. The highest BCUT2D eigenvalue weighted by atomic mass is 16.4. The molecule has 0 heterocycles. The van der Waals surface area contributed by atoms with Gasteiger partial charge < -0.3 is 15.5 Å². The zero-order chi connectivity index (χ0) is 13.8. The molecule has 2 rings (SSSR count). The molecule has 0 spiro atoms. The lowest BCUT2D eigenvalue weighted by atomic mass is 9.92. The van der Waals surface area contributed by atoms with Crippen molar-refractivity contribution in [3.05, 3.63) is 35.4 Å². The first kappa shape index (κ1) is 13.5. The molecule has 1 aliphatic rings. The predicted octanol–water partition coefficient (Wildman–Crippen LogP) is 1.42. The molecule has 0 radical (unpaired) electrons. The summed E-state index contributed by atoms with van der Waals surface area (Å²) in [6.45, 7) is 0. The minimum absolute atomic E-state index is 0.147. The van der Waals surface area contributed by atoms with Crippen molar-refractivity contribution >= 4 is 11.9 Å². The van der Waals surface area contributed by atoms with Gasteiger partial charge in [0.25, 0.3) is 5.91 Å². The highest BCUT2D eigenvalue weighted by Gasteiger charge is 2.24. The molecule has 2 atom stereocenters. The standard InChI is InChI=1S/C14H17NO4/c16-12-4-2-1-3-11(12)15-13(17)9-5-7-10(8-6-9)14(18)19/h5-8,11-12,16H,1-4H2,(H,15,17)(H,18,19)/t11-,12-/m0/s1. The predicted molar refractivity (Wildman–Crippen MR) is 69.1 cm³/mol. The number of carbonyl (C=O) groups is 2. The molecule has 3 N–H and O–H groups in total. The number of aliphatic hydroxyl groups excluding tert-OH is 1.